The molecule has 1 aliphatic rings. The predicted octanol–water partition coefficient (Wildman–Crippen LogP) is 1.69. The molecule has 0 bridgehead atoms. The summed E-state index contributed by atoms with van der Waals surface area (Å²) in [6, 6.07) is 7.53. The van der Waals surface area contributed by atoms with Crippen molar-refractivity contribution in [1.29, 1.82) is 0 Å². The van der Waals surface area contributed by atoms with Gasteiger partial charge in [0.05, 0.1) is 0 Å². The lowest BCUT2D eigenvalue weighted by atomic mass is 9.94. The van der Waals surface area contributed by atoms with Crippen molar-refractivity contribution in [1.82, 2.24) is 5.32 Å². The highest BCUT2D eigenvalue weighted by Gasteiger charge is 2.28. The summed E-state index contributed by atoms with van der Waals surface area (Å²) in [5.41, 5.74) is 1.11. The molecule has 2 atom stereocenters. The van der Waals surface area contributed by atoms with E-state index in [2.05, 4.69) is 12.2 Å². The molecule has 15 heavy (non-hydrogen) atoms. The Hall–Kier alpha value is -1.35. The van der Waals surface area contributed by atoms with Crippen molar-refractivity contribution < 1.29 is 9.53 Å². The van der Waals surface area contributed by atoms with Crippen molar-refractivity contribution in [2.45, 2.75) is 25.3 Å². The lowest BCUT2D eigenvalue weighted by molar-refractivity contribution is -0.136. The number of carbonyl (C=O) groups is 1. The number of esters is 1. The van der Waals surface area contributed by atoms with Crippen LogP contribution >= 0.6 is 0 Å². The molecule has 0 radical (unpaired) electrons. The van der Waals surface area contributed by atoms with Crippen LogP contribution < -0.4 is 10.1 Å². The molecule has 0 saturated carbocycles. The van der Waals surface area contributed by atoms with Gasteiger partial charge in [0, 0.05) is 0 Å². The lowest BCUT2D eigenvalue weighted by Crippen LogP contribution is -2.36. The van der Waals surface area contributed by atoms with E-state index in [0.717, 1.165) is 12.0 Å². The number of carbonyl (C=O) groups excluding carboxylic acids is 1. The highest BCUT2D eigenvalue weighted by Crippen LogP contribution is 2.32. The van der Waals surface area contributed by atoms with Crippen molar-refractivity contribution in [2.75, 3.05) is 7.05 Å². The third-order valence-corrected chi connectivity index (χ3v) is 2.88. The Balaban J connectivity index is 2.37. The van der Waals surface area contributed by atoms with Gasteiger partial charge in [0.25, 0.3) is 0 Å². The van der Waals surface area contributed by atoms with E-state index >= 15 is 0 Å². The van der Waals surface area contributed by atoms with Gasteiger partial charge in [-0.1, -0.05) is 25.1 Å². The van der Waals surface area contributed by atoms with Crippen molar-refractivity contribution in [3.63, 3.8) is 0 Å². The normalized spacial score (nSPS) is 25.3. The standard InChI is InChI=1S/C12H15NO2/c1-8-7-10(13-2)12(14)15-11-6-4-3-5-9(8)11/h3-6,8,10,13H,7H2,1-2H3. The van der Waals surface area contributed by atoms with Crippen molar-refractivity contribution in [3.8, 4) is 5.75 Å². The minimum atomic E-state index is -0.201. The van der Waals surface area contributed by atoms with E-state index in [9.17, 15) is 4.79 Å². The van der Waals surface area contributed by atoms with Crippen LogP contribution in [0.15, 0.2) is 24.3 Å². The Labute approximate surface area is 89.4 Å². The van der Waals surface area contributed by atoms with Crippen LogP contribution in [0, 0.1) is 0 Å². The van der Waals surface area contributed by atoms with E-state index in [1.807, 2.05) is 24.3 Å². The highest BCUT2D eigenvalue weighted by atomic mass is 16.5. The zero-order valence-corrected chi connectivity index (χ0v) is 8.99. The van der Waals surface area contributed by atoms with Crippen LogP contribution in [0.1, 0.15) is 24.8 Å². The number of nitrogens with one attached hydrogen (secondary N) is 1. The molecule has 1 aromatic rings. The number of likely N-dealkylation sites (N-methyl/N-ethyl adjacent to an activating group) is 1. The zero-order chi connectivity index (χ0) is 10.8. The topological polar surface area (TPSA) is 38.3 Å². The van der Waals surface area contributed by atoms with Crippen molar-refractivity contribution >= 4 is 5.97 Å². The monoisotopic (exact) mass is 205 g/mol. The van der Waals surface area contributed by atoms with Crippen LogP contribution in [0.5, 0.6) is 5.75 Å². The first-order valence-electron chi connectivity index (χ1n) is 5.20. The van der Waals surface area contributed by atoms with E-state index in [1.54, 1.807) is 7.05 Å². The fourth-order valence-corrected chi connectivity index (χ4v) is 1.97. The van der Waals surface area contributed by atoms with Crippen LogP contribution in [-0.4, -0.2) is 19.1 Å². The van der Waals surface area contributed by atoms with Crippen LogP contribution in [0.3, 0.4) is 0 Å². The number of benzene rings is 1. The molecule has 1 aromatic carbocycles. The van der Waals surface area contributed by atoms with Gasteiger partial charge in [-0.2, -0.15) is 0 Å². The van der Waals surface area contributed by atoms with Gasteiger partial charge in [0.2, 0.25) is 0 Å². The van der Waals surface area contributed by atoms with E-state index in [1.165, 1.54) is 0 Å². The van der Waals surface area contributed by atoms with Gasteiger partial charge in [-0.15, -0.1) is 0 Å². The smallest absolute Gasteiger partial charge is 0.328 e. The molecule has 0 spiro atoms. The predicted molar refractivity (Wildman–Crippen MR) is 58.0 cm³/mol. The van der Waals surface area contributed by atoms with Gasteiger partial charge in [-0.05, 0) is 31.0 Å². The number of fused-ring (bicyclic) bond motifs is 1. The second-order valence-corrected chi connectivity index (χ2v) is 3.94. The fourth-order valence-electron chi connectivity index (χ4n) is 1.97. The maximum Gasteiger partial charge on any atom is 0.328 e. The Morgan fingerprint density at radius 1 is 1.40 bits per heavy atom. The summed E-state index contributed by atoms with van der Waals surface area (Å²) in [7, 11) is 1.79. The molecule has 3 nitrogen and oxygen atoms in total. The van der Waals surface area contributed by atoms with E-state index in [4.69, 9.17) is 4.74 Å². The van der Waals surface area contributed by atoms with Gasteiger partial charge in [0.1, 0.15) is 11.8 Å². The zero-order valence-electron chi connectivity index (χ0n) is 8.99. The summed E-state index contributed by atoms with van der Waals surface area (Å²) in [6.45, 7) is 2.12. The third-order valence-electron chi connectivity index (χ3n) is 2.88. The van der Waals surface area contributed by atoms with Crippen LogP contribution in [0.4, 0.5) is 0 Å². The highest BCUT2D eigenvalue weighted by molar-refractivity contribution is 5.79. The molecule has 0 aromatic heterocycles. The van der Waals surface area contributed by atoms with Crippen molar-refractivity contribution in [3.05, 3.63) is 29.8 Å². The molecule has 2 unspecified atom stereocenters. The van der Waals surface area contributed by atoms with Gasteiger partial charge < -0.3 is 10.1 Å². The number of ether oxygens (including phenoxy) is 1. The SMILES string of the molecule is CNC1CC(C)c2ccccc2OC1=O. The fraction of sp³-hybridized carbons (Fsp3) is 0.417. The molecule has 0 fully saturated rings. The van der Waals surface area contributed by atoms with Crippen LogP contribution in [0.2, 0.25) is 0 Å². The first-order valence-corrected chi connectivity index (χ1v) is 5.20. The van der Waals surface area contributed by atoms with E-state index in [0.29, 0.717) is 11.7 Å². The molecular weight excluding hydrogens is 190 g/mol. The summed E-state index contributed by atoms with van der Waals surface area (Å²) in [5.74, 6) is 0.854. The maximum absolute atomic E-state index is 11.7. The Bertz CT molecular complexity index is 376. The van der Waals surface area contributed by atoms with Gasteiger partial charge >= 0.3 is 5.97 Å². The van der Waals surface area contributed by atoms with E-state index < -0.39 is 0 Å². The van der Waals surface area contributed by atoms with Crippen LogP contribution in [-0.2, 0) is 4.79 Å². The molecule has 0 aliphatic carbocycles. The van der Waals surface area contributed by atoms with Gasteiger partial charge in [-0.25, -0.2) is 4.79 Å². The summed E-state index contributed by atoms with van der Waals surface area (Å²) in [4.78, 5) is 11.7. The summed E-state index contributed by atoms with van der Waals surface area (Å²) >= 11 is 0. The van der Waals surface area contributed by atoms with Crippen LogP contribution in [0.25, 0.3) is 0 Å². The van der Waals surface area contributed by atoms with Crippen molar-refractivity contribution in [2.24, 2.45) is 0 Å². The largest absolute Gasteiger partial charge is 0.425 e. The lowest BCUT2D eigenvalue weighted by Gasteiger charge is -2.13. The number of hydrogen-bond donors (Lipinski definition) is 1. The quantitative estimate of drug-likeness (QED) is 0.560. The molecule has 1 heterocycles. The average Bonchev–Trinajstić information content (AvgIpc) is 2.37. The number of rotatable bonds is 1. The molecule has 0 amide bonds. The third kappa shape index (κ3) is 1.88. The summed E-state index contributed by atoms with van der Waals surface area (Å²) in [5, 5.41) is 2.98. The first-order chi connectivity index (χ1) is 7.22. The summed E-state index contributed by atoms with van der Waals surface area (Å²) < 4.78 is 5.33. The molecular formula is C12H15NO2. The minimum Gasteiger partial charge on any atom is -0.425 e. The molecule has 0 saturated heterocycles. The Morgan fingerprint density at radius 2 is 2.13 bits per heavy atom. The minimum absolute atomic E-state index is 0.186. The molecule has 3 heteroatoms. The molecule has 1 N–H and O–H groups in total. The van der Waals surface area contributed by atoms with Gasteiger partial charge in [-0.3, -0.25) is 0 Å². The molecule has 80 valence electrons. The maximum atomic E-state index is 11.7. The Morgan fingerprint density at radius 3 is 2.87 bits per heavy atom. The number of para-hydroxylation sites is 1. The van der Waals surface area contributed by atoms with Gasteiger partial charge in [0.15, 0.2) is 0 Å². The second-order valence-electron chi connectivity index (χ2n) is 3.94. The summed E-state index contributed by atoms with van der Waals surface area (Å²) in [6.07, 6.45) is 0.784. The Kier molecular flexibility index (Phi) is 2.73. The molecule has 2 rings (SSSR count). The second kappa shape index (κ2) is 4.03. The van der Waals surface area contributed by atoms with E-state index in [-0.39, 0.29) is 12.0 Å². The first kappa shape index (κ1) is 10.2. The molecule has 1 aliphatic heterocycles. The average molecular weight is 205 g/mol. The number of hydrogen-bond acceptors (Lipinski definition) is 3.